The van der Waals surface area contributed by atoms with Gasteiger partial charge in [-0.15, -0.1) is 0 Å². The topological polar surface area (TPSA) is 12.0 Å². The van der Waals surface area contributed by atoms with Gasteiger partial charge in [0.15, 0.2) is 0 Å². The SMILES string of the molecule is CCCC(C)(CCCC(C)C)CNC(C)(C)C. The maximum absolute atomic E-state index is 3.69. The maximum Gasteiger partial charge on any atom is 0.00967 e. The van der Waals surface area contributed by atoms with Crippen LogP contribution in [0.5, 0.6) is 0 Å². The highest BCUT2D eigenvalue weighted by molar-refractivity contribution is 4.81. The molecule has 0 fully saturated rings. The van der Waals surface area contributed by atoms with E-state index in [1.165, 1.54) is 32.1 Å². The molecular formula is C16H35N. The second-order valence-electron chi connectivity index (χ2n) is 7.45. The van der Waals surface area contributed by atoms with Gasteiger partial charge in [-0.1, -0.05) is 47.0 Å². The fourth-order valence-corrected chi connectivity index (χ4v) is 2.32. The molecule has 104 valence electrons. The smallest absolute Gasteiger partial charge is 0.00967 e. The van der Waals surface area contributed by atoms with Crippen molar-refractivity contribution in [3.05, 3.63) is 0 Å². The summed E-state index contributed by atoms with van der Waals surface area (Å²) in [4.78, 5) is 0. The fourth-order valence-electron chi connectivity index (χ4n) is 2.32. The van der Waals surface area contributed by atoms with Gasteiger partial charge in [-0.3, -0.25) is 0 Å². The average molecular weight is 241 g/mol. The minimum atomic E-state index is 0.243. The van der Waals surface area contributed by atoms with Gasteiger partial charge < -0.3 is 5.32 Å². The Morgan fingerprint density at radius 2 is 1.59 bits per heavy atom. The summed E-state index contributed by atoms with van der Waals surface area (Å²) in [5.41, 5.74) is 0.726. The predicted octanol–water partition coefficient (Wildman–Crippen LogP) is 5.01. The van der Waals surface area contributed by atoms with Crippen LogP contribution in [0.4, 0.5) is 0 Å². The van der Waals surface area contributed by atoms with Crippen LogP contribution in [-0.2, 0) is 0 Å². The van der Waals surface area contributed by atoms with Crippen molar-refractivity contribution in [1.82, 2.24) is 5.32 Å². The minimum Gasteiger partial charge on any atom is -0.312 e. The highest BCUT2D eigenvalue weighted by Crippen LogP contribution is 2.30. The van der Waals surface area contributed by atoms with E-state index in [1.807, 2.05) is 0 Å². The first-order valence-corrected chi connectivity index (χ1v) is 7.43. The van der Waals surface area contributed by atoms with Crippen molar-refractivity contribution >= 4 is 0 Å². The van der Waals surface area contributed by atoms with Crippen molar-refractivity contribution < 1.29 is 0 Å². The van der Waals surface area contributed by atoms with E-state index in [2.05, 4.69) is 53.8 Å². The van der Waals surface area contributed by atoms with Gasteiger partial charge in [0.05, 0.1) is 0 Å². The highest BCUT2D eigenvalue weighted by atomic mass is 15.0. The van der Waals surface area contributed by atoms with Crippen LogP contribution < -0.4 is 5.32 Å². The molecule has 0 aromatic carbocycles. The van der Waals surface area contributed by atoms with Gasteiger partial charge in [0.25, 0.3) is 0 Å². The molecule has 0 aromatic rings. The molecule has 0 aliphatic heterocycles. The molecule has 0 heterocycles. The molecule has 0 aliphatic carbocycles. The number of nitrogens with one attached hydrogen (secondary N) is 1. The highest BCUT2D eigenvalue weighted by Gasteiger charge is 2.24. The average Bonchev–Trinajstić information content (AvgIpc) is 2.14. The second kappa shape index (κ2) is 7.41. The minimum absolute atomic E-state index is 0.243. The van der Waals surface area contributed by atoms with E-state index in [0.29, 0.717) is 5.41 Å². The normalized spacial score (nSPS) is 16.2. The molecule has 17 heavy (non-hydrogen) atoms. The maximum atomic E-state index is 3.69. The molecule has 0 aromatic heterocycles. The molecule has 0 saturated carbocycles. The molecule has 1 atom stereocenters. The Morgan fingerprint density at radius 3 is 2.00 bits per heavy atom. The van der Waals surface area contributed by atoms with E-state index >= 15 is 0 Å². The Bertz CT molecular complexity index is 190. The van der Waals surface area contributed by atoms with E-state index in [0.717, 1.165) is 12.5 Å². The van der Waals surface area contributed by atoms with Crippen LogP contribution in [0.3, 0.4) is 0 Å². The van der Waals surface area contributed by atoms with Crippen molar-refractivity contribution in [2.75, 3.05) is 6.54 Å². The zero-order valence-electron chi connectivity index (χ0n) is 13.3. The summed E-state index contributed by atoms with van der Waals surface area (Å²) >= 11 is 0. The summed E-state index contributed by atoms with van der Waals surface area (Å²) in [5, 5.41) is 3.69. The standard InChI is InChI=1S/C16H35N/c1-8-11-16(7,12-9-10-14(2)3)13-17-15(4,5)6/h14,17H,8-13H2,1-7H3. The van der Waals surface area contributed by atoms with Gasteiger partial charge in [-0.25, -0.2) is 0 Å². The third-order valence-corrected chi connectivity index (χ3v) is 3.46. The molecular weight excluding hydrogens is 206 g/mol. The molecule has 0 bridgehead atoms. The first-order chi connectivity index (χ1) is 7.68. The van der Waals surface area contributed by atoms with Crippen molar-refractivity contribution in [3.63, 3.8) is 0 Å². The van der Waals surface area contributed by atoms with Gasteiger partial charge in [0.2, 0.25) is 0 Å². The molecule has 0 saturated heterocycles. The second-order valence-corrected chi connectivity index (χ2v) is 7.45. The van der Waals surface area contributed by atoms with Gasteiger partial charge >= 0.3 is 0 Å². The van der Waals surface area contributed by atoms with Crippen molar-refractivity contribution in [2.45, 2.75) is 86.1 Å². The Morgan fingerprint density at radius 1 is 1.00 bits per heavy atom. The molecule has 0 spiro atoms. The Kier molecular flexibility index (Phi) is 7.39. The first-order valence-electron chi connectivity index (χ1n) is 7.43. The molecule has 1 N–H and O–H groups in total. The molecule has 0 rings (SSSR count). The monoisotopic (exact) mass is 241 g/mol. The Balaban J connectivity index is 4.15. The van der Waals surface area contributed by atoms with Crippen LogP contribution in [0.15, 0.2) is 0 Å². The van der Waals surface area contributed by atoms with Gasteiger partial charge in [-0.05, 0) is 44.9 Å². The number of hydrogen-bond donors (Lipinski definition) is 1. The lowest BCUT2D eigenvalue weighted by molar-refractivity contribution is 0.219. The van der Waals surface area contributed by atoms with Crippen LogP contribution in [0.1, 0.15) is 80.6 Å². The zero-order chi connectivity index (χ0) is 13.5. The van der Waals surface area contributed by atoms with E-state index in [4.69, 9.17) is 0 Å². The fraction of sp³-hybridized carbons (Fsp3) is 1.00. The van der Waals surface area contributed by atoms with Crippen LogP contribution in [0.25, 0.3) is 0 Å². The molecule has 0 radical (unpaired) electrons. The third kappa shape index (κ3) is 9.64. The summed E-state index contributed by atoms with van der Waals surface area (Å²) in [6, 6.07) is 0. The molecule has 0 amide bonds. The summed E-state index contributed by atoms with van der Waals surface area (Å²) in [6.07, 6.45) is 6.75. The van der Waals surface area contributed by atoms with E-state index in [-0.39, 0.29) is 5.54 Å². The number of hydrogen-bond acceptors (Lipinski definition) is 1. The third-order valence-electron chi connectivity index (χ3n) is 3.46. The summed E-state index contributed by atoms with van der Waals surface area (Å²) in [6.45, 7) is 17.3. The van der Waals surface area contributed by atoms with Gasteiger partial charge in [0.1, 0.15) is 0 Å². The van der Waals surface area contributed by atoms with Crippen LogP contribution >= 0.6 is 0 Å². The lowest BCUT2D eigenvalue weighted by Gasteiger charge is -2.34. The quantitative estimate of drug-likeness (QED) is 0.630. The largest absolute Gasteiger partial charge is 0.312 e. The summed E-state index contributed by atoms with van der Waals surface area (Å²) in [7, 11) is 0. The van der Waals surface area contributed by atoms with Gasteiger partial charge in [-0.2, -0.15) is 0 Å². The Hall–Kier alpha value is -0.0400. The molecule has 1 unspecified atom stereocenters. The lowest BCUT2D eigenvalue weighted by atomic mass is 9.79. The molecule has 1 nitrogen and oxygen atoms in total. The summed E-state index contributed by atoms with van der Waals surface area (Å²) < 4.78 is 0. The van der Waals surface area contributed by atoms with Crippen LogP contribution in [-0.4, -0.2) is 12.1 Å². The summed E-state index contributed by atoms with van der Waals surface area (Å²) in [5.74, 6) is 0.844. The van der Waals surface area contributed by atoms with Crippen molar-refractivity contribution in [1.29, 1.82) is 0 Å². The molecule has 0 aliphatic rings. The number of rotatable bonds is 8. The predicted molar refractivity (Wildman–Crippen MR) is 79.5 cm³/mol. The van der Waals surface area contributed by atoms with E-state index in [9.17, 15) is 0 Å². The van der Waals surface area contributed by atoms with Crippen LogP contribution in [0.2, 0.25) is 0 Å². The van der Waals surface area contributed by atoms with Crippen LogP contribution in [0, 0.1) is 11.3 Å². The van der Waals surface area contributed by atoms with E-state index < -0.39 is 0 Å². The Labute approximate surface area is 110 Å². The first kappa shape index (κ1) is 17.0. The molecule has 1 heteroatoms. The lowest BCUT2D eigenvalue weighted by Crippen LogP contribution is -2.43. The zero-order valence-corrected chi connectivity index (χ0v) is 13.3. The van der Waals surface area contributed by atoms with Crippen molar-refractivity contribution in [3.8, 4) is 0 Å². The van der Waals surface area contributed by atoms with Gasteiger partial charge in [0, 0.05) is 12.1 Å². The van der Waals surface area contributed by atoms with Crippen molar-refractivity contribution in [2.24, 2.45) is 11.3 Å². The van der Waals surface area contributed by atoms with E-state index in [1.54, 1.807) is 0 Å².